The fourth-order valence-corrected chi connectivity index (χ4v) is 7.73. The molecule has 0 aliphatic carbocycles. The Morgan fingerprint density at radius 1 is 0.478 bits per heavy atom. The Labute approximate surface area is 411 Å². The van der Waals surface area contributed by atoms with Crippen LogP contribution in [0.25, 0.3) is 0 Å². The molecule has 0 bridgehead atoms. The zero-order chi connectivity index (χ0) is 49.2. The van der Waals surface area contributed by atoms with Gasteiger partial charge in [-0.25, -0.2) is 0 Å². The topological polar surface area (TPSA) is 111 Å². The lowest BCUT2D eigenvalue weighted by molar-refractivity contribution is -0.870. The summed E-state index contributed by atoms with van der Waals surface area (Å²) in [7, 11) is 1.15. The fraction of sp³-hybridized carbons (Fsp3) is 0.719. The van der Waals surface area contributed by atoms with Gasteiger partial charge < -0.3 is 27.9 Å². The van der Waals surface area contributed by atoms with E-state index in [4.69, 9.17) is 18.5 Å². The van der Waals surface area contributed by atoms with Gasteiger partial charge in [-0.3, -0.25) is 14.2 Å². The average Bonchev–Trinajstić information content (AvgIpc) is 3.29. The summed E-state index contributed by atoms with van der Waals surface area (Å²) < 4.78 is 34.0. The second-order valence-corrected chi connectivity index (χ2v) is 20.3. The van der Waals surface area contributed by atoms with E-state index < -0.39 is 32.5 Å². The van der Waals surface area contributed by atoms with Crippen molar-refractivity contribution in [2.24, 2.45) is 0 Å². The predicted molar refractivity (Wildman–Crippen MR) is 282 cm³/mol. The van der Waals surface area contributed by atoms with Gasteiger partial charge in [-0.15, -0.1) is 0 Å². The summed E-state index contributed by atoms with van der Waals surface area (Å²) in [5.74, 6) is -0.849. The first-order valence-electron chi connectivity index (χ1n) is 26.8. The Morgan fingerprint density at radius 2 is 0.851 bits per heavy atom. The van der Waals surface area contributed by atoms with E-state index in [1.165, 1.54) is 83.5 Å². The summed E-state index contributed by atoms with van der Waals surface area (Å²) in [4.78, 5) is 37.7. The first-order valence-corrected chi connectivity index (χ1v) is 28.3. The Balaban J connectivity index is 4.13. The molecule has 0 aromatic heterocycles. The zero-order valence-electron chi connectivity index (χ0n) is 43.6. The molecule has 0 spiro atoms. The summed E-state index contributed by atoms with van der Waals surface area (Å²) in [6, 6.07) is 0. The molecule has 0 aromatic carbocycles. The highest BCUT2D eigenvalue weighted by Gasteiger charge is 2.21. The largest absolute Gasteiger partial charge is 0.756 e. The Morgan fingerprint density at radius 3 is 1.28 bits per heavy atom. The molecule has 0 heterocycles. The standard InChI is InChI=1S/C57H100NO8P/c1-6-8-10-12-14-16-18-20-21-22-23-24-25-26-27-28-29-30-31-32-33-34-35-36-37-38-40-42-44-46-48-50-57(60)66-55(54-65-67(61,62)64-52-51-58(3,4)5)53-63-56(59)49-47-45-43-41-39-19-17-15-13-11-9-7-2/h8,10,14-17,20-21,23-24,26-27,29-30,55H,6-7,9,11-13,18-19,22,25,28,31-54H2,1-5H3/b10-8-,16-14-,17-15-,21-20-,24-23-,27-26-,30-29-. The van der Waals surface area contributed by atoms with Crippen molar-refractivity contribution in [3.05, 3.63) is 85.1 Å². The van der Waals surface area contributed by atoms with Gasteiger partial charge in [0.2, 0.25) is 0 Å². The Kier molecular flexibility index (Phi) is 46.2. The van der Waals surface area contributed by atoms with E-state index in [1.807, 2.05) is 21.1 Å². The minimum atomic E-state index is -4.63. The van der Waals surface area contributed by atoms with E-state index in [1.54, 1.807) is 0 Å². The van der Waals surface area contributed by atoms with Gasteiger partial charge in [-0.2, -0.15) is 0 Å². The molecule has 2 atom stereocenters. The smallest absolute Gasteiger partial charge is 0.306 e. The third-order valence-electron chi connectivity index (χ3n) is 11.1. The minimum absolute atomic E-state index is 0.0354. The van der Waals surface area contributed by atoms with E-state index in [9.17, 15) is 19.0 Å². The van der Waals surface area contributed by atoms with Crippen molar-refractivity contribution in [3.8, 4) is 0 Å². The molecule has 9 nitrogen and oxygen atoms in total. The number of quaternary nitrogens is 1. The molecule has 67 heavy (non-hydrogen) atoms. The number of carbonyl (C=O) groups is 2. The average molecular weight is 958 g/mol. The minimum Gasteiger partial charge on any atom is -0.756 e. The van der Waals surface area contributed by atoms with Crippen molar-refractivity contribution in [2.45, 2.75) is 219 Å². The summed E-state index contributed by atoms with van der Waals surface area (Å²) in [5.41, 5.74) is 0. The number of carbonyl (C=O) groups excluding carboxylic acids is 2. The van der Waals surface area contributed by atoms with Crippen LogP contribution in [0, 0.1) is 0 Å². The molecule has 10 heteroatoms. The van der Waals surface area contributed by atoms with E-state index in [-0.39, 0.29) is 26.1 Å². The van der Waals surface area contributed by atoms with Gasteiger partial charge in [-0.05, 0) is 89.9 Å². The number of phosphoric ester groups is 1. The molecule has 0 radical (unpaired) electrons. The zero-order valence-corrected chi connectivity index (χ0v) is 44.5. The van der Waals surface area contributed by atoms with Crippen LogP contribution in [-0.4, -0.2) is 70.0 Å². The lowest BCUT2D eigenvalue weighted by Crippen LogP contribution is -2.37. The monoisotopic (exact) mass is 958 g/mol. The van der Waals surface area contributed by atoms with Gasteiger partial charge in [0.1, 0.15) is 19.8 Å². The Bertz CT molecular complexity index is 1410. The number of likely N-dealkylation sites (N-methyl/N-ethyl adjacent to an activating group) is 1. The van der Waals surface area contributed by atoms with Crippen LogP contribution >= 0.6 is 7.82 Å². The van der Waals surface area contributed by atoms with Crippen LogP contribution in [0.2, 0.25) is 0 Å². The van der Waals surface area contributed by atoms with Crippen LogP contribution in [-0.2, 0) is 32.7 Å². The van der Waals surface area contributed by atoms with Crippen LogP contribution in [0.1, 0.15) is 213 Å². The van der Waals surface area contributed by atoms with Crippen molar-refractivity contribution in [2.75, 3.05) is 47.5 Å². The molecule has 0 aliphatic rings. The number of phosphoric acid groups is 1. The first-order chi connectivity index (χ1) is 32.5. The van der Waals surface area contributed by atoms with Gasteiger partial charge in [0, 0.05) is 12.8 Å². The molecule has 0 aliphatic heterocycles. The van der Waals surface area contributed by atoms with Gasteiger partial charge in [0.15, 0.2) is 6.10 Å². The maximum absolute atomic E-state index is 12.8. The van der Waals surface area contributed by atoms with Crippen molar-refractivity contribution >= 4 is 19.8 Å². The third-order valence-corrected chi connectivity index (χ3v) is 12.1. The van der Waals surface area contributed by atoms with Crippen molar-refractivity contribution < 1.29 is 42.1 Å². The number of hydrogen-bond acceptors (Lipinski definition) is 8. The quantitative estimate of drug-likeness (QED) is 0.0195. The van der Waals surface area contributed by atoms with Crippen molar-refractivity contribution in [1.82, 2.24) is 0 Å². The molecule has 0 rings (SSSR count). The van der Waals surface area contributed by atoms with Gasteiger partial charge in [-0.1, -0.05) is 195 Å². The highest BCUT2D eigenvalue weighted by atomic mass is 31.2. The Hall–Kier alpha value is -2.81. The maximum atomic E-state index is 12.8. The fourth-order valence-electron chi connectivity index (χ4n) is 7.01. The van der Waals surface area contributed by atoms with Crippen molar-refractivity contribution in [3.63, 3.8) is 0 Å². The molecule has 0 fully saturated rings. The summed E-state index contributed by atoms with van der Waals surface area (Å²) in [6.45, 7) is 4.08. The third kappa shape index (κ3) is 52.4. The molecule has 2 unspecified atom stereocenters. The molecule has 0 N–H and O–H groups in total. The summed E-state index contributed by atoms with van der Waals surface area (Å²) in [6.07, 6.45) is 63.4. The first kappa shape index (κ1) is 64.2. The molecule has 386 valence electrons. The van der Waals surface area contributed by atoms with E-state index >= 15 is 0 Å². The van der Waals surface area contributed by atoms with E-state index in [0.717, 1.165) is 96.3 Å². The maximum Gasteiger partial charge on any atom is 0.306 e. The molecule has 0 saturated carbocycles. The van der Waals surface area contributed by atoms with Gasteiger partial charge >= 0.3 is 11.9 Å². The second kappa shape index (κ2) is 48.2. The van der Waals surface area contributed by atoms with Gasteiger partial charge in [0.05, 0.1) is 27.7 Å². The van der Waals surface area contributed by atoms with Crippen LogP contribution < -0.4 is 4.89 Å². The van der Waals surface area contributed by atoms with Crippen LogP contribution in [0.15, 0.2) is 85.1 Å². The predicted octanol–water partition coefficient (Wildman–Crippen LogP) is 15.7. The van der Waals surface area contributed by atoms with E-state index in [2.05, 4.69) is 98.9 Å². The number of esters is 2. The van der Waals surface area contributed by atoms with Crippen LogP contribution in [0.3, 0.4) is 0 Å². The SMILES string of the molecule is CC/C=C\C/C=C\C/C=C\C/C=C\C/C=C\C/C=C\CCCCCCCCCCCCCCC(=O)OC(COC(=O)CCCCCCC/C=C\CCCCC)COP(=O)([O-])OCC[N+](C)(C)C. The molecular formula is C57H100NO8P. The lowest BCUT2D eigenvalue weighted by atomic mass is 10.0. The molecule has 0 amide bonds. The van der Waals surface area contributed by atoms with Crippen molar-refractivity contribution in [1.29, 1.82) is 0 Å². The summed E-state index contributed by atoms with van der Waals surface area (Å²) >= 11 is 0. The van der Waals surface area contributed by atoms with Crippen LogP contribution in [0.4, 0.5) is 0 Å². The number of nitrogens with zero attached hydrogens (tertiary/aromatic N) is 1. The molecule has 0 aromatic rings. The second-order valence-electron chi connectivity index (χ2n) is 18.9. The normalized spacial score (nSPS) is 14.1. The number of hydrogen-bond donors (Lipinski definition) is 0. The number of rotatable bonds is 48. The highest BCUT2D eigenvalue weighted by Crippen LogP contribution is 2.38. The number of ether oxygens (including phenoxy) is 2. The summed E-state index contributed by atoms with van der Waals surface area (Å²) in [5, 5.41) is 0. The van der Waals surface area contributed by atoms with Gasteiger partial charge in [0.25, 0.3) is 7.82 Å². The molecular weight excluding hydrogens is 858 g/mol. The molecule has 0 saturated heterocycles. The number of unbranched alkanes of at least 4 members (excludes halogenated alkanes) is 20. The van der Waals surface area contributed by atoms with E-state index in [0.29, 0.717) is 17.4 Å². The highest BCUT2D eigenvalue weighted by molar-refractivity contribution is 7.45. The van der Waals surface area contributed by atoms with Crippen LogP contribution in [0.5, 0.6) is 0 Å². The number of allylic oxidation sites excluding steroid dienone is 14. The lowest BCUT2D eigenvalue weighted by Gasteiger charge is -2.28.